The van der Waals surface area contributed by atoms with E-state index < -0.39 is 6.10 Å². The number of carbonyl (C=O) groups excluding carboxylic acids is 1. The molecule has 2 atom stereocenters. The molecule has 3 aromatic rings. The summed E-state index contributed by atoms with van der Waals surface area (Å²) in [5, 5.41) is 19.2. The van der Waals surface area contributed by atoms with E-state index in [1.807, 2.05) is 12.1 Å². The molecule has 2 N–H and O–H groups in total. The molecule has 1 aliphatic rings. The number of hydrogen-bond acceptors (Lipinski definition) is 4. The van der Waals surface area contributed by atoms with Crippen molar-refractivity contribution in [3.63, 3.8) is 0 Å². The summed E-state index contributed by atoms with van der Waals surface area (Å²) >= 11 is 0. The average Bonchev–Trinajstić information content (AvgIpc) is 3.15. The number of carbonyl (C=O) groups is 1. The number of piperidine rings is 1. The SMILES string of the molecule is O=C(c1ncn[nH]1)N1CC[C@@H](c2ccc3ccccc3c2)[C@H](O)C1. The molecule has 6 nitrogen and oxygen atoms in total. The van der Waals surface area contributed by atoms with Gasteiger partial charge in [-0.15, -0.1) is 0 Å². The van der Waals surface area contributed by atoms with E-state index in [4.69, 9.17) is 0 Å². The summed E-state index contributed by atoms with van der Waals surface area (Å²) in [5.41, 5.74) is 1.12. The quantitative estimate of drug-likeness (QED) is 0.755. The first kappa shape index (κ1) is 14.8. The zero-order chi connectivity index (χ0) is 16.5. The zero-order valence-corrected chi connectivity index (χ0v) is 13.1. The second-order valence-electron chi connectivity index (χ2n) is 6.15. The third kappa shape index (κ3) is 2.65. The Morgan fingerprint density at radius 1 is 1.21 bits per heavy atom. The second kappa shape index (κ2) is 6.05. The highest BCUT2D eigenvalue weighted by atomic mass is 16.3. The Balaban J connectivity index is 1.53. The molecule has 122 valence electrons. The van der Waals surface area contributed by atoms with Gasteiger partial charge in [-0.25, -0.2) is 4.98 Å². The van der Waals surface area contributed by atoms with Crippen LogP contribution >= 0.6 is 0 Å². The van der Waals surface area contributed by atoms with E-state index >= 15 is 0 Å². The number of amides is 1. The Morgan fingerprint density at radius 2 is 2.04 bits per heavy atom. The van der Waals surface area contributed by atoms with Crippen LogP contribution in [0.5, 0.6) is 0 Å². The number of rotatable bonds is 2. The molecule has 1 amide bonds. The summed E-state index contributed by atoms with van der Waals surface area (Å²) < 4.78 is 0. The number of benzene rings is 2. The molecule has 0 aliphatic carbocycles. The van der Waals surface area contributed by atoms with E-state index in [-0.39, 0.29) is 17.6 Å². The highest BCUT2D eigenvalue weighted by Gasteiger charge is 2.32. The third-order valence-electron chi connectivity index (χ3n) is 4.69. The lowest BCUT2D eigenvalue weighted by Crippen LogP contribution is -2.46. The first-order valence-electron chi connectivity index (χ1n) is 8.04. The van der Waals surface area contributed by atoms with Crippen molar-refractivity contribution in [2.24, 2.45) is 0 Å². The van der Waals surface area contributed by atoms with Gasteiger partial charge in [-0.05, 0) is 22.8 Å². The summed E-state index contributed by atoms with van der Waals surface area (Å²) in [5.74, 6) is 0.0308. The third-order valence-corrected chi connectivity index (χ3v) is 4.69. The van der Waals surface area contributed by atoms with Crippen molar-refractivity contribution >= 4 is 16.7 Å². The lowest BCUT2D eigenvalue weighted by Gasteiger charge is -2.35. The van der Waals surface area contributed by atoms with Crippen molar-refractivity contribution < 1.29 is 9.90 Å². The van der Waals surface area contributed by atoms with Crippen molar-refractivity contribution in [1.29, 1.82) is 0 Å². The topological polar surface area (TPSA) is 82.1 Å². The first-order valence-corrected chi connectivity index (χ1v) is 8.04. The highest BCUT2D eigenvalue weighted by molar-refractivity contribution is 5.90. The molecule has 0 unspecified atom stereocenters. The Morgan fingerprint density at radius 3 is 2.79 bits per heavy atom. The van der Waals surface area contributed by atoms with E-state index in [1.54, 1.807) is 4.90 Å². The maximum atomic E-state index is 12.3. The van der Waals surface area contributed by atoms with Gasteiger partial charge >= 0.3 is 0 Å². The highest BCUT2D eigenvalue weighted by Crippen LogP contribution is 2.31. The van der Waals surface area contributed by atoms with Crippen LogP contribution in [0.1, 0.15) is 28.5 Å². The molecule has 0 spiro atoms. The lowest BCUT2D eigenvalue weighted by atomic mass is 9.86. The monoisotopic (exact) mass is 322 g/mol. The molecule has 0 bridgehead atoms. The van der Waals surface area contributed by atoms with Crippen molar-refractivity contribution in [2.45, 2.75) is 18.4 Å². The smallest absolute Gasteiger partial charge is 0.291 e. The maximum absolute atomic E-state index is 12.3. The van der Waals surface area contributed by atoms with Crippen molar-refractivity contribution in [3.05, 3.63) is 60.2 Å². The summed E-state index contributed by atoms with van der Waals surface area (Å²) in [6, 6.07) is 14.5. The molecule has 1 aromatic heterocycles. The van der Waals surface area contributed by atoms with E-state index in [0.29, 0.717) is 13.1 Å². The normalized spacial score (nSPS) is 21.1. The van der Waals surface area contributed by atoms with Crippen molar-refractivity contribution in [2.75, 3.05) is 13.1 Å². The van der Waals surface area contributed by atoms with Crippen molar-refractivity contribution in [1.82, 2.24) is 20.1 Å². The minimum Gasteiger partial charge on any atom is -0.391 e. The first-order chi connectivity index (χ1) is 11.7. The van der Waals surface area contributed by atoms with Gasteiger partial charge in [0.15, 0.2) is 0 Å². The Hall–Kier alpha value is -2.73. The van der Waals surface area contributed by atoms with Crippen molar-refractivity contribution in [3.8, 4) is 0 Å². The molecular weight excluding hydrogens is 304 g/mol. The fourth-order valence-electron chi connectivity index (χ4n) is 3.40. The minimum absolute atomic E-state index is 0.0355. The number of aromatic nitrogens is 3. The summed E-state index contributed by atoms with van der Waals surface area (Å²) in [4.78, 5) is 17.8. The number of aromatic amines is 1. The minimum atomic E-state index is -0.591. The van der Waals surface area contributed by atoms with Gasteiger partial charge in [-0.2, -0.15) is 5.10 Å². The summed E-state index contributed by atoms with van der Waals surface area (Å²) in [6.45, 7) is 0.894. The number of H-pyrrole nitrogens is 1. The van der Waals surface area contributed by atoms with E-state index in [9.17, 15) is 9.90 Å². The molecule has 1 aliphatic heterocycles. The number of likely N-dealkylation sites (tertiary alicyclic amines) is 1. The van der Waals surface area contributed by atoms with Crippen LogP contribution in [0.4, 0.5) is 0 Å². The van der Waals surface area contributed by atoms with Crippen LogP contribution in [0.3, 0.4) is 0 Å². The van der Waals surface area contributed by atoms with Crippen LogP contribution in [0.2, 0.25) is 0 Å². The largest absolute Gasteiger partial charge is 0.391 e. The molecule has 24 heavy (non-hydrogen) atoms. The molecule has 2 aromatic carbocycles. The number of aliphatic hydroxyl groups is 1. The summed E-state index contributed by atoms with van der Waals surface area (Å²) in [6.07, 6.45) is 1.44. The predicted molar refractivity (Wildman–Crippen MR) is 89.6 cm³/mol. The molecule has 6 heteroatoms. The number of β-amino-alcohol motifs (C(OH)–C–C–N with tert-alkyl or cyclic N) is 1. The fourth-order valence-corrected chi connectivity index (χ4v) is 3.40. The number of hydrogen-bond donors (Lipinski definition) is 2. The molecule has 0 saturated carbocycles. The Labute approximate surface area is 139 Å². The molecule has 0 radical (unpaired) electrons. The Bertz CT molecular complexity index is 862. The molecule has 2 heterocycles. The summed E-state index contributed by atoms with van der Waals surface area (Å²) in [7, 11) is 0. The van der Waals surface area contributed by atoms with Gasteiger partial charge in [0.05, 0.1) is 6.10 Å². The van der Waals surface area contributed by atoms with Crippen LogP contribution in [0, 0.1) is 0 Å². The van der Waals surface area contributed by atoms with Crippen LogP contribution in [-0.2, 0) is 0 Å². The van der Waals surface area contributed by atoms with Gasteiger partial charge in [0.2, 0.25) is 5.82 Å². The number of nitrogens with zero attached hydrogens (tertiary/aromatic N) is 3. The second-order valence-corrected chi connectivity index (χ2v) is 6.15. The average molecular weight is 322 g/mol. The van der Waals surface area contributed by atoms with Gasteiger partial charge in [0.25, 0.3) is 5.91 Å². The fraction of sp³-hybridized carbons (Fsp3) is 0.278. The van der Waals surface area contributed by atoms with Gasteiger partial charge in [-0.1, -0.05) is 42.5 Å². The number of fused-ring (bicyclic) bond motifs is 1. The van der Waals surface area contributed by atoms with Gasteiger partial charge in [-0.3, -0.25) is 9.89 Å². The van der Waals surface area contributed by atoms with Crippen LogP contribution in [0.15, 0.2) is 48.8 Å². The lowest BCUT2D eigenvalue weighted by molar-refractivity contribution is 0.0374. The van der Waals surface area contributed by atoms with Crippen LogP contribution in [0.25, 0.3) is 10.8 Å². The van der Waals surface area contributed by atoms with Crippen LogP contribution < -0.4 is 0 Å². The van der Waals surface area contributed by atoms with Crippen LogP contribution in [-0.4, -0.2) is 50.3 Å². The molecular formula is C18H18N4O2. The van der Waals surface area contributed by atoms with E-state index in [1.165, 1.54) is 17.1 Å². The van der Waals surface area contributed by atoms with E-state index in [2.05, 4.69) is 45.5 Å². The standard InChI is InChI=1S/C18H18N4O2/c23-16-10-22(18(24)17-19-11-20-21-17)8-7-15(16)14-6-5-12-3-1-2-4-13(12)9-14/h1-6,9,11,15-16,23H,7-8,10H2,(H,19,20,21)/t15-,16+/m0/s1. The van der Waals surface area contributed by atoms with Gasteiger partial charge < -0.3 is 10.0 Å². The molecule has 1 saturated heterocycles. The van der Waals surface area contributed by atoms with Gasteiger partial charge in [0.1, 0.15) is 6.33 Å². The number of nitrogens with one attached hydrogen (secondary N) is 1. The predicted octanol–water partition coefficient (Wildman–Crippen LogP) is 1.95. The Kier molecular flexibility index (Phi) is 3.74. The molecule has 4 rings (SSSR count). The number of aliphatic hydroxyl groups excluding tert-OH is 1. The maximum Gasteiger partial charge on any atom is 0.291 e. The van der Waals surface area contributed by atoms with Gasteiger partial charge in [0, 0.05) is 19.0 Å². The molecule has 1 fully saturated rings. The van der Waals surface area contributed by atoms with E-state index in [0.717, 1.165) is 12.0 Å². The zero-order valence-electron chi connectivity index (χ0n) is 13.1.